The molecule has 0 unspecified atom stereocenters. The number of rotatable bonds is 4. The maximum Gasteiger partial charge on any atom is 0.324 e. The molecule has 1 saturated heterocycles. The first-order valence-corrected chi connectivity index (χ1v) is 9.13. The Labute approximate surface area is 162 Å². The van der Waals surface area contributed by atoms with E-state index in [2.05, 4.69) is 5.32 Å². The van der Waals surface area contributed by atoms with Gasteiger partial charge in [-0.05, 0) is 23.3 Å². The lowest BCUT2D eigenvalue weighted by Gasteiger charge is -2.37. The third-order valence-corrected chi connectivity index (χ3v) is 4.97. The van der Waals surface area contributed by atoms with Gasteiger partial charge in [0.2, 0.25) is 0 Å². The highest BCUT2D eigenvalue weighted by atomic mass is 19.1. The van der Waals surface area contributed by atoms with Crippen LogP contribution in [0.3, 0.4) is 0 Å². The summed E-state index contributed by atoms with van der Waals surface area (Å²) >= 11 is 0. The van der Waals surface area contributed by atoms with Crippen LogP contribution in [0.25, 0.3) is 0 Å². The summed E-state index contributed by atoms with van der Waals surface area (Å²) in [7, 11) is 0. The molecule has 0 radical (unpaired) electrons. The average Bonchev–Trinajstić information content (AvgIpc) is 2.73. The van der Waals surface area contributed by atoms with E-state index in [0.717, 1.165) is 11.1 Å². The van der Waals surface area contributed by atoms with Gasteiger partial charge < -0.3 is 4.74 Å². The number of hydrogen-bond acceptors (Lipinski definition) is 3. The summed E-state index contributed by atoms with van der Waals surface area (Å²) in [6, 6.07) is 21.5. The highest BCUT2D eigenvalue weighted by Crippen LogP contribution is 2.36. The summed E-state index contributed by atoms with van der Waals surface area (Å²) in [5.74, 6) is -1.87. The molecule has 3 atom stereocenters. The number of hydrogen-bond donors (Lipinski definition) is 1. The van der Waals surface area contributed by atoms with Crippen LogP contribution >= 0.6 is 0 Å². The van der Waals surface area contributed by atoms with Crippen LogP contribution in [0.1, 0.15) is 28.8 Å². The monoisotopic (exact) mass is 379 g/mol. The first kappa shape index (κ1) is 18.3. The molecule has 1 heterocycles. The van der Waals surface area contributed by atoms with Crippen molar-refractivity contribution in [3.8, 4) is 0 Å². The van der Waals surface area contributed by atoms with Crippen molar-refractivity contribution in [1.82, 2.24) is 5.32 Å². The van der Waals surface area contributed by atoms with E-state index in [4.69, 9.17) is 4.74 Å². The minimum Gasteiger partial charge on any atom is -0.454 e. The standard InChI is InChI=1S/C23H19F2NO2/c24-18-12-7-13-19(25)17(18)14-20-23(27)28-22(16-10-5-2-6-11-16)21(26-20)15-8-3-1-4-9-15/h1-13,20-22,26H,14H2/t20-,21-,22+/m0/s1. The molecule has 1 fully saturated rings. The van der Waals surface area contributed by atoms with Gasteiger partial charge in [0.15, 0.2) is 0 Å². The van der Waals surface area contributed by atoms with Gasteiger partial charge in [-0.2, -0.15) is 0 Å². The Morgan fingerprint density at radius 3 is 1.96 bits per heavy atom. The third kappa shape index (κ3) is 3.66. The number of morpholine rings is 1. The molecule has 3 nitrogen and oxygen atoms in total. The van der Waals surface area contributed by atoms with E-state index in [1.807, 2.05) is 60.7 Å². The predicted molar refractivity (Wildman–Crippen MR) is 101 cm³/mol. The lowest BCUT2D eigenvalue weighted by atomic mass is 9.92. The fourth-order valence-corrected chi connectivity index (χ4v) is 3.56. The molecule has 5 heteroatoms. The van der Waals surface area contributed by atoms with Gasteiger partial charge >= 0.3 is 5.97 Å². The molecule has 142 valence electrons. The molecule has 3 aromatic rings. The first-order chi connectivity index (χ1) is 13.6. The Morgan fingerprint density at radius 1 is 0.786 bits per heavy atom. The van der Waals surface area contributed by atoms with Crippen molar-refractivity contribution < 1.29 is 18.3 Å². The number of nitrogens with one attached hydrogen (secondary N) is 1. The molecule has 0 saturated carbocycles. The number of ether oxygens (including phenoxy) is 1. The average molecular weight is 379 g/mol. The number of carbonyl (C=O) groups excluding carboxylic acids is 1. The second kappa shape index (κ2) is 7.90. The van der Waals surface area contributed by atoms with E-state index >= 15 is 0 Å². The molecule has 0 bridgehead atoms. The van der Waals surface area contributed by atoms with Crippen LogP contribution in [0.15, 0.2) is 78.9 Å². The van der Waals surface area contributed by atoms with Crippen LogP contribution < -0.4 is 5.32 Å². The van der Waals surface area contributed by atoms with Gasteiger partial charge in [0.1, 0.15) is 23.8 Å². The fourth-order valence-electron chi connectivity index (χ4n) is 3.56. The topological polar surface area (TPSA) is 38.3 Å². The van der Waals surface area contributed by atoms with Gasteiger partial charge in [-0.3, -0.25) is 10.1 Å². The predicted octanol–water partition coefficient (Wildman–Crippen LogP) is 4.50. The molecule has 4 rings (SSSR count). The van der Waals surface area contributed by atoms with E-state index in [1.54, 1.807) is 0 Å². The normalized spacial score (nSPS) is 21.9. The lowest BCUT2D eigenvalue weighted by molar-refractivity contribution is -0.161. The van der Waals surface area contributed by atoms with Gasteiger partial charge in [0.05, 0.1) is 6.04 Å². The van der Waals surface area contributed by atoms with E-state index in [0.29, 0.717) is 0 Å². The van der Waals surface area contributed by atoms with E-state index in [9.17, 15) is 13.6 Å². The Morgan fingerprint density at radius 2 is 1.36 bits per heavy atom. The second-order valence-electron chi connectivity index (χ2n) is 6.78. The minimum absolute atomic E-state index is 0.123. The molecule has 0 aromatic heterocycles. The van der Waals surface area contributed by atoms with Crippen molar-refractivity contribution in [1.29, 1.82) is 0 Å². The zero-order valence-corrected chi connectivity index (χ0v) is 15.0. The Hall–Kier alpha value is -3.05. The van der Waals surface area contributed by atoms with Crippen LogP contribution in [-0.4, -0.2) is 12.0 Å². The quantitative estimate of drug-likeness (QED) is 0.678. The third-order valence-electron chi connectivity index (χ3n) is 4.97. The summed E-state index contributed by atoms with van der Waals surface area (Å²) in [4.78, 5) is 12.7. The summed E-state index contributed by atoms with van der Waals surface area (Å²) in [5, 5.41) is 3.26. The fraction of sp³-hybridized carbons (Fsp3) is 0.174. The summed E-state index contributed by atoms with van der Waals surface area (Å²) in [5.41, 5.74) is 1.66. The van der Waals surface area contributed by atoms with Crippen LogP contribution in [-0.2, 0) is 16.0 Å². The van der Waals surface area contributed by atoms with E-state index in [1.165, 1.54) is 18.2 Å². The maximum atomic E-state index is 14.1. The smallest absolute Gasteiger partial charge is 0.324 e. The minimum atomic E-state index is -0.850. The van der Waals surface area contributed by atoms with Crippen LogP contribution in [0.2, 0.25) is 0 Å². The largest absolute Gasteiger partial charge is 0.454 e. The van der Waals surface area contributed by atoms with Crippen LogP contribution in [0.4, 0.5) is 8.78 Å². The second-order valence-corrected chi connectivity index (χ2v) is 6.78. The van der Waals surface area contributed by atoms with Gasteiger partial charge in [-0.25, -0.2) is 8.78 Å². The van der Waals surface area contributed by atoms with Crippen molar-refractivity contribution in [2.24, 2.45) is 0 Å². The van der Waals surface area contributed by atoms with Crippen LogP contribution in [0, 0.1) is 11.6 Å². The zero-order chi connectivity index (χ0) is 19.5. The number of esters is 1. The van der Waals surface area contributed by atoms with Crippen LogP contribution in [0.5, 0.6) is 0 Å². The molecule has 28 heavy (non-hydrogen) atoms. The van der Waals surface area contributed by atoms with Crippen molar-refractivity contribution >= 4 is 5.97 Å². The summed E-state index contributed by atoms with van der Waals surface area (Å²) in [6.45, 7) is 0. The Bertz CT molecular complexity index is 943. The molecule has 3 aromatic carbocycles. The van der Waals surface area contributed by atoms with Crippen molar-refractivity contribution in [3.63, 3.8) is 0 Å². The van der Waals surface area contributed by atoms with Gasteiger partial charge in [0.25, 0.3) is 0 Å². The van der Waals surface area contributed by atoms with Crippen molar-refractivity contribution in [2.45, 2.75) is 24.6 Å². The number of cyclic esters (lactones) is 1. The molecule has 1 aliphatic rings. The van der Waals surface area contributed by atoms with Crippen molar-refractivity contribution in [3.05, 3.63) is 107 Å². The number of carbonyl (C=O) groups is 1. The Kier molecular flexibility index (Phi) is 5.17. The van der Waals surface area contributed by atoms with Gasteiger partial charge in [-0.15, -0.1) is 0 Å². The summed E-state index contributed by atoms with van der Waals surface area (Å²) < 4.78 is 33.9. The highest BCUT2D eigenvalue weighted by molar-refractivity contribution is 5.77. The summed E-state index contributed by atoms with van der Waals surface area (Å²) in [6.07, 6.45) is -0.653. The molecule has 1 N–H and O–H groups in total. The number of benzene rings is 3. The highest BCUT2D eigenvalue weighted by Gasteiger charge is 2.39. The Balaban J connectivity index is 1.66. The molecule has 0 amide bonds. The number of halogens is 2. The van der Waals surface area contributed by atoms with Gasteiger partial charge in [0, 0.05) is 12.0 Å². The maximum absolute atomic E-state index is 14.1. The molecular formula is C23H19F2NO2. The molecule has 0 aliphatic carbocycles. The van der Waals surface area contributed by atoms with E-state index < -0.39 is 29.7 Å². The SMILES string of the molecule is O=C1O[C@H](c2ccccc2)[C@H](c2ccccc2)N[C@H]1Cc1c(F)cccc1F. The molecular weight excluding hydrogens is 360 g/mol. The lowest BCUT2D eigenvalue weighted by Crippen LogP contribution is -2.50. The van der Waals surface area contributed by atoms with Gasteiger partial charge in [-0.1, -0.05) is 66.7 Å². The van der Waals surface area contributed by atoms with Crippen molar-refractivity contribution in [2.75, 3.05) is 0 Å². The molecule has 1 aliphatic heterocycles. The zero-order valence-electron chi connectivity index (χ0n) is 15.0. The van der Waals surface area contributed by atoms with E-state index in [-0.39, 0.29) is 18.0 Å². The molecule has 0 spiro atoms. The first-order valence-electron chi connectivity index (χ1n) is 9.13.